The van der Waals surface area contributed by atoms with E-state index in [4.69, 9.17) is 9.47 Å². The lowest BCUT2D eigenvalue weighted by Gasteiger charge is -2.36. The van der Waals surface area contributed by atoms with Crippen LogP contribution in [-0.2, 0) is 29.7 Å². The van der Waals surface area contributed by atoms with Gasteiger partial charge in [-0.2, -0.15) is 0 Å². The molecule has 1 saturated heterocycles. The first kappa shape index (κ1) is 28.8. The van der Waals surface area contributed by atoms with Gasteiger partial charge in [0.25, 0.3) is 0 Å². The molecule has 2 heterocycles. The zero-order valence-electron chi connectivity index (χ0n) is 23.2. The van der Waals surface area contributed by atoms with Gasteiger partial charge in [-0.05, 0) is 46.9 Å². The highest BCUT2D eigenvalue weighted by Crippen LogP contribution is 2.40. The number of amides is 2. The van der Waals surface area contributed by atoms with Crippen LogP contribution in [0.2, 0.25) is 0 Å². The number of nitrogens with one attached hydrogen (secondary N) is 2. The van der Waals surface area contributed by atoms with Crippen LogP contribution in [0, 0.1) is 0 Å². The Morgan fingerprint density at radius 2 is 1.78 bits per heavy atom. The molecule has 3 aromatic carbocycles. The minimum absolute atomic E-state index is 0.00446. The molecule has 3 N–H and O–H groups in total. The Kier molecular flexibility index (Phi) is 9.68. The van der Waals surface area contributed by atoms with E-state index in [1.807, 2.05) is 67.1 Å². The van der Waals surface area contributed by atoms with Crippen molar-refractivity contribution in [3.8, 4) is 11.1 Å². The van der Waals surface area contributed by atoms with E-state index in [-0.39, 0.29) is 24.8 Å². The lowest BCUT2D eigenvalue weighted by Crippen LogP contribution is -2.34. The van der Waals surface area contributed by atoms with Crippen molar-refractivity contribution < 1.29 is 19.4 Å². The molecule has 1 aliphatic rings. The van der Waals surface area contributed by atoms with Crippen molar-refractivity contribution in [2.24, 2.45) is 7.05 Å². The first-order valence-corrected chi connectivity index (χ1v) is 14.7. The monoisotopic (exact) mass is 573 g/mol. The number of ether oxygens (including phenoxy) is 2. The summed E-state index contributed by atoms with van der Waals surface area (Å²) in [6.45, 7) is 2.92. The van der Waals surface area contributed by atoms with Crippen LogP contribution in [-0.4, -0.2) is 44.3 Å². The molecule has 1 fully saturated rings. The van der Waals surface area contributed by atoms with E-state index in [1.165, 1.54) is 0 Å². The van der Waals surface area contributed by atoms with Crippen molar-refractivity contribution in [3.05, 3.63) is 101 Å². The fraction of sp³-hybridized carbons (Fsp3) is 0.323. The lowest BCUT2D eigenvalue weighted by atomic mass is 9.99. The van der Waals surface area contributed by atoms with E-state index in [1.54, 1.807) is 18.1 Å². The Balaban J connectivity index is 1.36. The summed E-state index contributed by atoms with van der Waals surface area (Å²) in [7, 11) is 1.93. The Hall–Kier alpha value is -3.70. The number of rotatable bonds is 10. The zero-order chi connectivity index (χ0) is 28.6. The predicted octanol–water partition coefficient (Wildman–Crippen LogP) is 5.13. The predicted molar refractivity (Wildman–Crippen MR) is 158 cm³/mol. The third-order valence-electron chi connectivity index (χ3n) is 6.89. The second-order valence-corrected chi connectivity index (χ2v) is 10.9. The van der Waals surface area contributed by atoms with Crippen molar-refractivity contribution in [1.29, 1.82) is 0 Å². The fourth-order valence-corrected chi connectivity index (χ4v) is 5.63. The highest BCUT2D eigenvalue weighted by Gasteiger charge is 2.32. The van der Waals surface area contributed by atoms with Crippen LogP contribution in [0.3, 0.4) is 0 Å². The minimum Gasteiger partial charge on any atom is -0.392 e. The number of urea groups is 1. The van der Waals surface area contributed by atoms with E-state index in [0.717, 1.165) is 38.5 Å². The molecule has 41 heavy (non-hydrogen) atoms. The van der Waals surface area contributed by atoms with E-state index in [9.17, 15) is 9.90 Å². The normalized spacial score (nSPS) is 18.7. The second kappa shape index (κ2) is 13.8. The van der Waals surface area contributed by atoms with Gasteiger partial charge in [-0.1, -0.05) is 72.4 Å². The van der Waals surface area contributed by atoms with Crippen molar-refractivity contribution in [1.82, 2.24) is 25.4 Å². The van der Waals surface area contributed by atoms with E-state index in [2.05, 4.69) is 45.1 Å². The van der Waals surface area contributed by atoms with Crippen molar-refractivity contribution in [2.45, 2.75) is 50.2 Å². The summed E-state index contributed by atoms with van der Waals surface area (Å²) in [4.78, 5) is 11.8. The Morgan fingerprint density at radius 3 is 2.51 bits per heavy atom. The summed E-state index contributed by atoms with van der Waals surface area (Å²) < 4.78 is 15.0. The van der Waals surface area contributed by atoms with Gasteiger partial charge < -0.3 is 29.8 Å². The number of aromatic nitrogens is 3. The van der Waals surface area contributed by atoms with Crippen molar-refractivity contribution >= 4 is 17.8 Å². The Morgan fingerprint density at radius 1 is 1.00 bits per heavy atom. The smallest absolute Gasteiger partial charge is 0.315 e. The minimum atomic E-state index is -0.557. The molecule has 214 valence electrons. The first-order chi connectivity index (χ1) is 20.0. The largest absolute Gasteiger partial charge is 0.392 e. The van der Waals surface area contributed by atoms with E-state index < -0.39 is 6.29 Å². The average molecular weight is 574 g/mol. The first-order valence-electron chi connectivity index (χ1n) is 13.7. The lowest BCUT2D eigenvalue weighted by molar-refractivity contribution is -0.245. The maximum atomic E-state index is 11.8. The molecule has 1 aromatic heterocycles. The number of nitrogens with zero attached hydrogens (tertiary/aromatic N) is 3. The van der Waals surface area contributed by atoms with Crippen LogP contribution < -0.4 is 10.6 Å². The molecule has 1 aliphatic heterocycles. The number of thioether (sulfide) groups is 1. The van der Waals surface area contributed by atoms with E-state index in [0.29, 0.717) is 25.3 Å². The van der Waals surface area contributed by atoms with Gasteiger partial charge in [-0.15, -0.1) is 10.2 Å². The van der Waals surface area contributed by atoms with Gasteiger partial charge in [0.1, 0.15) is 6.33 Å². The zero-order valence-corrected chi connectivity index (χ0v) is 24.0. The number of carbonyl (C=O) groups excluding carboxylic acids is 1. The van der Waals surface area contributed by atoms with Crippen LogP contribution in [0.5, 0.6) is 0 Å². The van der Waals surface area contributed by atoms with Gasteiger partial charge >= 0.3 is 6.03 Å². The molecule has 0 bridgehead atoms. The van der Waals surface area contributed by atoms with Gasteiger partial charge in [0.05, 0.1) is 18.8 Å². The van der Waals surface area contributed by atoms with Crippen molar-refractivity contribution in [2.75, 3.05) is 12.3 Å². The average Bonchev–Trinajstić information content (AvgIpc) is 3.43. The SMILES string of the molecule is CCNC(=O)NCc1cccc(-c2cccc([C@H]3O[C@@H](CSc4nncn4C)C[C@@H](c4ccc(CO)cc4)O3)c2)c1. The summed E-state index contributed by atoms with van der Waals surface area (Å²) in [6.07, 6.45) is 1.58. The molecule has 9 nitrogen and oxygen atoms in total. The number of aliphatic hydroxyl groups is 1. The highest BCUT2D eigenvalue weighted by molar-refractivity contribution is 7.99. The van der Waals surface area contributed by atoms with Crippen LogP contribution in [0.1, 0.15) is 48.0 Å². The number of hydrogen-bond donors (Lipinski definition) is 3. The summed E-state index contributed by atoms with van der Waals surface area (Å²) >= 11 is 1.61. The summed E-state index contributed by atoms with van der Waals surface area (Å²) in [6, 6.07) is 24.1. The van der Waals surface area contributed by atoms with Crippen molar-refractivity contribution in [3.63, 3.8) is 0 Å². The molecule has 0 spiro atoms. The Labute approximate surface area is 244 Å². The third-order valence-corrected chi connectivity index (χ3v) is 8.06. The molecule has 0 radical (unpaired) electrons. The molecule has 0 aliphatic carbocycles. The molecular weight excluding hydrogens is 538 g/mol. The number of aliphatic hydroxyl groups excluding tert-OH is 1. The molecule has 10 heteroatoms. The number of aryl methyl sites for hydroxylation is 1. The number of hydrogen-bond acceptors (Lipinski definition) is 7. The maximum Gasteiger partial charge on any atom is 0.315 e. The molecule has 3 atom stereocenters. The van der Waals surface area contributed by atoms with Crippen LogP contribution in [0.15, 0.2) is 84.3 Å². The summed E-state index contributed by atoms with van der Waals surface area (Å²) in [5.74, 6) is 0.706. The third kappa shape index (κ3) is 7.53. The number of benzene rings is 3. The molecule has 0 saturated carbocycles. The quantitative estimate of drug-likeness (QED) is 0.226. The standard InChI is InChI=1S/C31H35N5O4S/c1-3-32-30(38)33-17-22-6-4-7-24(14-22)25-8-5-9-26(15-25)29-39-27(19-41-31-35-34-20-36(31)2)16-28(40-29)23-12-10-21(18-37)11-13-23/h4-15,20,27-29,37H,3,16-19H2,1-2H3,(H2,32,33,38)/t27-,28+,29+/m1/s1. The second-order valence-electron chi connectivity index (χ2n) is 9.92. The van der Waals surface area contributed by atoms with Gasteiger partial charge in [0.2, 0.25) is 0 Å². The van der Waals surface area contributed by atoms with Crippen LogP contribution >= 0.6 is 11.8 Å². The van der Waals surface area contributed by atoms with E-state index >= 15 is 0 Å². The molecule has 5 rings (SSSR count). The molecule has 4 aromatic rings. The van der Waals surface area contributed by atoms with Gasteiger partial charge in [0, 0.05) is 37.9 Å². The summed E-state index contributed by atoms with van der Waals surface area (Å²) in [5, 5.41) is 24.1. The van der Waals surface area contributed by atoms with Gasteiger partial charge in [0.15, 0.2) is 11.4 Å². The van der Waals surface area contributed by atoms with Crippen LogP contribution in [0.4, 0.5) is 4.79 Å². The molecule has 0 unspecified atom stereocenters. The van der Waals surface area contributed by atoms with Gasteiger partial charge in [-0.25, -0.2) is 4.79 Å². The highest BCUT2D eigenvalue weighted by atomic mass is 32.2. The van der Waals surface area contributed by atoms with Crippen LogP contribution in [0.25, 0.3) is 11.1 Å². The topological polar surface area (TPSA) is 111 Å². The number of carbonyl (C=O) groups is 1. The maximum absolute atomic E-state index is 11.8. The van der Waals surface area contributed by atoms with Gasteiger partial charge in [-0.3, -0.25) is 0 Å². The fourth-order valence-electron chi connectivity index (χ4n) is 4.72. The summed E-state index contributed by atoms with van der Waals surface area (Å²) in [5.41, 5.74) is 5.93. The Bertz CT molecular complexity index is 1440. The molecular formula is C31H35N5O4S. The molecule has 2 amide bonds.